The Morgan fingerprint density at radius 2 is 1.42 bits per heavy atom. The smallest absolute Gasteiger partial charge is 0.326 e. The highest BCUT2D eigenvalue weighted by Crippen LogP contribution is 2.12. The minimum absolute atomic E-state index is 0.0365. The van der Waals surface area contributed by atoms with E-state index in [0.29, 0.717) is 5.56 Å². The molecule has 0 saturated heterocycles. The van der Waals surface area contributed by atoms with Crippen LogP contribution in [0.1, 0.15) is 24.8 Å². The van der Waals surface area contributed by atoms with Crippen molar-refractivity contribution in [2.45, 2.75) is 49.9 Å². The first-order chi connectivity index (χ1) is 17.8. The van der Waals surface area contributed by atoms with Gasteiger partial charge in [0.05, 0.1) is 19.1 Å². The van der Waals surface area contributed by atoms with E-state index in [1.54, 1.807) is 0 Å². The molecule has 16 nitrogen and oxygen atoms in total. The highest BCUT2D eigenvalue weighted by molar-refractivity contribution is 5.95. The first-order valence-electron chi connectivity index (χ1n) is 11.5. The van der Waals surface area contributed by atoms with Crippen LogP contribution in [0, 0.1) is 0 Å². The van der Waals surface area contributed by atoms with Crippen molar-refractivity contribution >= 4 is 35.6 Å². The number of aliphatic hydroxyl groups is 1. The molecule has 0 bridgehead atoms. The number of aliphatic hydroxyl groups excluding tert-OH is 1. The first kappa shape index (κ1) is 31.6. The van der Waals surface area contributed by atoms with Crippen molar-refractivity contribution < 1.29 is 39.3 Å². The summed E-state index contributed by atoms with van der Waals surface area (Å²) in [5.41, 5.74) is 21.6. The van der Waals surface area contributed by atoms with Gasteiger partial charge in [-0.15, -0.1) is 0 Å². The second kappa shape index (κ2) is 15.6. The molecule has 4 atom stereocenters. The van der Waals surface area contributed by atoms with E-state index in [1.165, 1.54) is 24.3 Å². The number of aliphatic carboxylic acids is 1. The van der Waals surface area contributed by atoms with Gasteiger partial charge in [0.15, 0.2) is 5.96 Å². The lowest BCUT2D eigenvalue weighted by molar-refractivity contribution is -0.142. The highest BCUT2D eigenvalue weighted by atomic mass is 16.4. The van der Waals surface area contributed by atoms with E-state index < -0.39 is 66.8 Å². The fourth-order valence-corrected chi connectivity index (χ4v) is 3.16. The summed E-state index contributed by atoms with van der Waals surface area (Å²) in [4.78, 5) is 64.4. The van der Waals surface area contributed by atoms with Gasteiger partial charge in [0, 0.05) is 13.0 Å². The minimum Gasteiger partial charge on any atom is -0.508 e. The van der Waals surface area contributed by atoms with Crippen LogP contribution in [0.2, 0.25) is 0 Å². The molecule has 1 aromatic carbocycles. The van der Waals surface area contributed by atoms with Crippen molar-refractivity contribution in [1.29, 1.82) is 0 Å². The van der Waals surface area contributed by atoms with Crippen LogP contribution < -0.4 is 38.9 Å². The van der Waals surface area contributed by atoms with Gasteiger partial charge in [-0.3, -0.25) is 24.2 Å². The van der Waals surface area contributed by atoms with Gasteiger partial charge < -0.3 is 54.2 Å². The largest absolute Gasteiger partial charge is 0.508 e. The number of carbonyl (C=O) groups is 5. The molecular weight excluding hydrogens is 504 g/mol. The van der Waals surface area contributed by atoms with E-state index in [2.05, 4.69) is 20.9 Å². The molecule has 0 aliphatic rings. The average Bonchev–Trinajstić information content (AvgIpc) is 2.84. The molecule has 14 N–H and O–H groups in total. The number of nitrogens with one attached hydrogen (secondary N) is 3. The number of amides is 4. The quantitative estimate of drug-likeness (QED) is 0.0545. The number of carboxylic acids is 1. The van der Waals surface area contributed by atoms with Gasteiger partial charge in [0.1, 0.15) is 23.9 Å². The minimum atomic E-state index is -1.57. The number of rotatable bonds is 16. The Morgan fingerprint density at radius 1 is 0.868 bits per heavy atom. The van der Waals surface area contributed by atoms with Gasteiger partial charge in [-0.25, -0.2) is 4.79 Å². The number of benzene rings is 1. The Balaban J connectivity index is 2.97. The fourth-order valence-electron chi connectivity index (χ4n) is 3.16. The van der Waals surface area contributed by atoms with Crippen LogP contribution in [0.5, 0.6) is 5.75 Å². The van der Waals surface area contributed by atoms with Crippen LogP contribution >= 0.6 is 0 Å². The van der Waals surface area contributed by atoms with Crippen molar-refractivity contribution in [2.24, 2.45) is 27.9 Å². The standard InChI is InChI=1S/C22H34N8O8/c23-13(9-17(24)33)18(34)29-15(8-11-3-5-12(32)6-4-11)19(35)30-16(10-31)20(36)28-14(21(37)38)2-1-7-27-22(25)26/h3-6,13-16,31-32H,1-2,7-10,23H2,(H2,24,33)(H,28,36)(H,29,34)(H,30,35)(H,37,38)(H4,25,26,27). The maximum absolute atomic E-state index is 13.0. The summed E-state index contributed by atoms with van der Waals surface area (Å²) in [6.07, 6.45) is -0.427. The highest BCUT2D eigenvalue weighted by Gasteiger charge is 2.30. The van der Waals surface area contributed by atoms with Gasteiger partial charge in [-0.1, -0.05) is 12.1 Å². The molecule has 0 radical (unpaired) electrons. The molecule has 0 aromatic heterocycles. The topological polar surface area (TPSA) is 299 Å². The van der Waals surface area contributed by atoms with Crippen molar-refractivity contribution in [2.75, 3.05) is 13.2 Å². The maximum Gasteiger partial charge on any atom is 0.326 e. The summed E-state index contributed by atoms with van der Waals surface area (Å²) in [7, 11) is 0. The van der Waals surface area contributed by atoms with Crippen molar-refractivity contribution in [1.82, 2.24) is 16.0 Å². The predicted molar refractivity (Wildman–Crippen MR) is 134 cm³/mol. The van der Waals surface area contributed by atoms with E-state index in [-0.39, 0.29) is 37.5 Å². The Bertz CT molecular complexity index is 1010. The molecule has 0 heterocycles. The van der Waals surface area contributed by atoms with Crippen LogP contribution in [0.25, 0.3) is 0 Å². The average molecular weight is 539 g/mol. The fraction of sp³-hybridized carbons (Fsp3) is 0.455. The number of nitrogens with two attached hydrogens (primary N) is 4. The third-order valence-corrected chi connectivity index (χ3v) is 5.14. The number of aliphatic imine (C=N–C) groups is 1. The molecule has 0 fully saturated rings. The summed E-state index contributed by atoms with van der Waals surface area (Å²) < 4.78 is 0. The van der Waals surface area contributed by atoms with Crippen LogP contribution in [-0.4, -0.2) is 88.2 Å². The summed E-state index contributed by atoms with van der Waals surface area (Å²) in [5.74, 6) is -5.18. The van der Waals surface area contributed by atoms with Crippen LogP contribution in [0.4, 0.5) is 0 Å². The van der Waals surface area contributed by atoms with E-state index in [0.717, 1.165) is 0 Å². The summed E-state index contributed by atoms with van der Waals surface area (Å²) in [6, 6.07) is 0.0740. The third-order valence-electron chi connectivity index (χ3n) is 5.14. The zero-order valence-electron chi connectivity index (χ0n) is 20.5. The van der Waals surface area contributed by atoms with Crippen LogP contribution in [-0.2, 0) is 30.4 Å². The van der Waals surface area contributed by atoms with Gasteiger partial charge in [-0.2, -0.15) is 0 Å². The Hall–Kier alpha value is -4.44. The first-order valence-corrected chi connectivity index (χ1v) is 11.5. The van der Waals surface area contributed by atoms with E-state index in [1.807, 2.05) is 0 Å². The molecule has 0 aliphatic carbocycles. The molecule has 38 heavy (non-hydrogen) atoms. The van der Waals surface area contributed by atoms with Gasteiger partial charge in [-0.05, 0) is 30.5 Å². The monoisotopic (exact) mass is 538 g/mol. The van der Waals surface area contributed by atoms with Crippen LogP contribution in [0.3, 0.4) is 0 Å². The van der Waals surface area contributed by atoms with Gasteiger partial charge in [0.25, 0.3) is 0 Å². The molecule has 1 rings (SSSR count). The van der Waals surface area contributed by atoms with Gasteiger partial charge in [0.2, 0.25) is 23.6 Å². The molecule has 4 amide bonds. The van der Waals surface area contributed by atoms with Gasteiger partial charge >= 0.3 is 5.97 Å². The van der Waals surface area contributed by atoms with Crippen molar-refractivity contribution in [3.8, 4) is 5.75 Å². The number of guanidine groups is 1. The van der Waals surface area contributed by atoms with E-state index in [4.69, 9.17) is 22.9 Å². The second-order valence-electron chi connectivity index (χ2n) is 8.30. The molecule has 4 unspecified atom stereocenters. The zero-order chi connectivity index (χ0) is 28.8. The molecule has 0 aliphatic heterocycles. The number of carbonyl (C=O) groups excluding carboxylic acids is 4. The van der Waals surface area contributed by atoms with Crippen molar-refractivity contribution in [3.05, 3.63) is 29.8 Å². The lowest BCUT2D eigenvalue weighted by Crippen LogP contribution is -2.58. The zero-order valence-corrected chi connectivity index (χ0v) is 20.5. The Morgan fingerprint density at radius 3 is 1.95 bits per heavy atom. The number of phenolic OH excluding ortho intramolecular Hbond substituents is 1. The number of carboxylic acid groups (broad SMARTS) is 1. The number of nitrogens with zero attached hydrogens (tertiary/aromatic N) is 1. The van der Waals surface area contributed by atoms with E-state index >= 15 is 0 Å². The van der Waals surface area contributed by atoms with E-state index in [9.17, 15) is 39.3 Å². The lowest BCUT2D eigenvalue weighted by atomic mass is 10.0. The Labute approximate surface area is 217 Å². The molecular formula is C22H34N8O8. The van der Waals surface area contributed by atoms with Crippen molar-refractivity contribution in [3.63, 3.8) is 0 Å². The molecule has 0 spiro atoms. The SMILES string of the molecule is NC(=O)CC(N)C(=O)NC(Cc1ccc(O)cc1)C(=O)NC(CO)C(=O)NC(CCCN=C(N)N)C(=O)O. The lowest BCUT2D eigenvalue weighted by Gasteiger charge is -2.24. The third kappa shape index (κ3) is 11.5. The number of primary amides is 1. The normalized spacial score (nSPS) is 13.7. The summed E-state index contributed by atoms with van der Waals surface area (Å²) >= 11 is 0. The number of hydrogen-bond donors (Lipinski definition) is 10. The predicted octanol–water partition coefficient (Wildman–Crippen LogP) is -4.28. The molecule has 16 heteroatoms. The summed E-state index contributed by atoms with van der Waals surface area (Å²) in [6.45, 7) is -0.766. The number of aromatic hydroxyl groups is 1. The Kier molecular flexibility index (Phi) is 13.0. The molecule has 210 valence electrons. The number of phenols is 1. The van der Waals surface area contributed by atoms with Crippen LogP contribution in [0.15, 0.2) is 29.3 Å². The maximum atomic E-state index is 13.0. The second-order valence-corrected chi connectivity index (χ2v) is 8.30. The molecule has 1 aromatic rings. The summed E-state index contributed by atoms with van der Waals surface area (Å²) in [5, 5.41) is 35.4. The number of hydrogen-bond acceptors (Lipinski definition) is 9. The molecule has 0 saturated carbocycles.